The molecule has 2 rings (SSSR count). The lowest BCUT2D eigenvalue weighted by molar-refractivity contribution is 0.0383. The largest absolute Gasteiger partial charge is 0.392 e. The molecule has 0 amide bonds. The summed E-state index contributed by atoms with van der Waals surface area (Å²) in [5, 5.41) is 9.92. The van der Waals surface area contributed by atoms with Crippen molar-refractivity contribution in [1.29, 1.82) is 0 Å². The Labute approximate surface area is 116 Å². The molecule has 0 bridgehead atoms. The molecular weight excluding hydrogens is 236 g/mol. The van der Waals surface area contributed by atoms with Crippen molar-refractivity contribution in [1.82, 2.24) is 4.90 Å². The first kappa shape index (κ1) is 14.5. The predicted molar refractivity (Wildman–Crippen MR) is 79.0 cm³/mol. The van der Waals surface area contributed by atoms with E-state index < -0.39 is 0 Å². The Balaban J connectivity index is 2.28. The zero-order chi connectivity index (χ0) is 13.8. The van der Waals surface area contributed by atoms with Gasteiger partial charge in [0, 0.05) is 12.6 Å². The maximum atomic E-state index is 9.92. The van der Waals surface area contributed by atoms with E-state index in [4.69, 9.17) is 5.73 Å². The lowest BCUT2D eigenvalue weighted by atomic mass is 9.91. The van der Waals surface area contributed by atoms with Crippen LogP contribution in [-0.2, 0) is 0 Å². The second-order valence-corrected chi connectivity index (χ2v) is 5.66. The number of aliphatic hydroxyl groups excluding tert-OH is 1. The number of β-amino-alcohol motifs (C(OH)–C–C–N with tert-alkyl or cyclic N) is 1. The van der Waals surface area contributed by atoms with Gasteiger partial charge in [-0.1, -0.05) is 31.2 Å². The molecule has 3 unspecified atom stereocenters. The Morgan fingerprint density at radius 3 is 2.79 bits per heavy atom. The van der Waals surface area contributed by atoms with Gasteiger partial charge in [0.05, 0.1) is 12.1 Å². The molecule has 0 aliphatic carbocycles. The summed E-state index contributed by atoms with van der Waals surface area (Å²) < 4.78 is 0. The van der Waals surface area contributed by atoms with Crippen LogP contribution in [0.25, 0.3) is 0 Å². The fourth-order valence-electron chi connectivity index (χ4n) is 3.08. The Bertz CT molecular complexity index is 407. The molecule has 1 aliphatic heterocycles. The summed E-state index contributed by atoms with van der Waals surface area (Å²) in [5.41, 5.74) is 8.97. The number of nitrogens with zero attached hydrogens (tertiary/aromatic N) is 1. The van der Waals surface area contributed by atoms with E-state index in [0.717, 1.165) is 32.4 Å². The predicted octanol–water partition coefficient (Wildman–Crippen LogP) is 2.23. The zero-order valence-electron chi connectivity index (χ0n) is 12.0. The smallest absolute Gasteiger partial charge is 0.0667 e. The van der Waals surface area contributed by atoms with E-state index in [1.165, 1.54) is 11.1 Å². The van der Waals surface area contributed by atoms with Gasteiger partial charge in [-0.15, -0.1) is 0 Å². The first-order valence-electron chi connectivity index (χ1n) is 7.36. The van der Waals surface area contributed by atoms with E-state index >= 15 is 0 Å². The number of rotatable bonds is 4. The molecule has 0 saturated carbocycles. The second-order valence-electron chi connectivity index (χ2n) is 5.66. The van der Waals surface area contributed by atoms with Crippen LogP contribution in [0.15, 0.2) is 24.3 Å². The molecule has 1 saturated heterocycles. The average molecular weight is 262 g/mol. The summed E-state index contributed by atoms with van der Waals surface area (Å²) in [6, 6.07) is 8.81. The van der Waals surface area contributed by atoms with Gasteiger partial charge in [0.2, 0.25) is 0 Å². The molecule has 0 aromatic heterocycles. The van der Waals surface area contributed by atoms with Crippen molar-refractivity contribution in [3.63, 3.8) is 0 Å². The number of nitrogens with two attached hydrogens (primary N) is 1. The molecule has 0 spiro atoms. The molecule has 3 heteroatoms. The summed E-state index contributed by atoms with van der Waals surface area (Å²) in [6.07, 6.45) is 2.72. The lowest BCUT2D eigenvalue weighted by Gasteiger charge is -2.40. The number of hydrogen-bond donors (Lipinski definition) is 2. The van der Waals surface area contributed by atoms with E-state index in [0.29, 0.717) is 0 Å². The summed E-state index contributed by atoms with van der Waals surface area (Å²) >= 11 is 0. The fraction of sp³-hybridized carbons (Fsp3) is 0.625. The van der Waals surface area contributed by atoms with Gasteiger partial charge >= 0.3 is 0 Å². The minimum Gasteiger partial charge on any atom is -0.392 e. The normalized spacial score (nSPS) is 24.1. The summed E-state index contributed by atoms with van der Waals surface area (Å²) in [4.78, 5) is 2.37. The van der Waals surface area contributed by atoms with Crippen LogP contribution in [0.1, 0.15) is 43.4 Å². The van der Waals surface area contributed by atoms with Crippen LogP contribution >= 0.6 is 0 Å². The standard InChI is InChI=1S/C16H26N2O/c1-3-15(17)16(14-9-5-4-7-12(14)2)18-10-6-8-13(19)11-18/h4-5,7,9,13,15-16,19H,3,6,8,10-11,17H2,1-2H3. The molecule has 1 fully saturated rings. The molecule has 1 aromatic carbocycles. The third-order valence-electron chi connectivity index (χ3n) is 4.21. The van der Waals surface area contributed by atoms with Gasteiger partial charge in [0.1, 0.15) is 0 Å². The van der Waals surface area contributed by atoms with Crippen LogP contribution < -0.4 is 5.73 Å². The molecule has 1 aliphatic rings. The first-order valence-corrected chi connectivity index (χ1v) is 7.36. The molecule has 0 radical (unpaired) electrons. The van der Waals surface area contributed by atoms with Crippen molar-refractivity contribution in [2.45, 2.75) is 51.3 Å². The van der Waals surface area contributed by atoms with Crippen LogP contribution in [0.2, 0.25) is 0 Å². The molecule has 3 atom stereocenters. The summed E-state index contributed by atoms with van der Waals surface area (Å²) in [5.74, 6) is 0. The Kier molecular flexibility index (Phi) is 4.97. The van der Waals surface area contributed by atoms with Crippen LogP contribution in [0.3, 0.4) is 0 Å². The van der Waals surface area contributed by atoms with Gasteiger partial charge in [0.25, 0.3) is 0 Å². The number of aryl methyl sites for hydroxylation is 1. The molecule has 3 N–H and O–H groups in total. The lowest BCUT2D eigenvalue weighted by Crippen LogP contribution is -2.47. The van der Waals surface area contributed by atoms with Crippen molar-refractivity contribution >= 4 is 0 Å². The van der Waals surface area contributed by atoms with Gasteiger partial charge in [-0.25, -0.2) is 0 Å². The van der Waals surface area contributed by atoms with Crippen LogP contribution in [0.5, 0.6) is 0 Å². The molecule has 19 heavy (non-hydrogen) atoms. The molecule has 106 valence electrons. The molecule has 1 aromatic rings. The summed E-state index contributed by atoms with van der Waals surface area (Å²) in [6.45, 7) is 6.05. The monoisotopic (exact) mass is 262 g/mol. The van der Waals surface area contributed by atoms with Crippen molar-refractivity contribution in [3.8, 4) is 0 Å². The topological polar surface area (TPSA) is 49.5 Å². The second kappa shape index (κ2) is 6.51. The average Bonchev–Trinajstić information content (AvgIpc) is 2.41. The number of piperidine rings is 1. The van der Waals surface area contributed by atoms with Crippen molar-refractivity contribution in [2.24, 2.45) is 5.73 Å². The number of aliphatic hydroxyl groups is 1. The van der Waals surface area contributed by atoms with Gasteiger partial charge < -0.3 is 10.8 Å². The number of hydrogen-bond acceptors (Lipinski definition) is 3. The Hall–Kier alpha value is -0.900. The Morgan fingerprint density at radius 2 is 2.16 bits per heavy atom. The first-order chi connectivity index (χ1) is 9.13. The maximum Gasteiger partial charge on any atom is 0.0667 e. The fourth-order valence-corrected chi connectivity index (χ4v) is 3.08. The number of likely N-dealkylation sites (tertiary alicyclic amines) is 1. The van der Waals surface area contributed by atoms with Crippen molar-refractivity contribution in [3.05, 3.63) is 35.4 Å². The maximum absolute atomic E-state index is 9.92. The van der Waals surface area contributed by atoms with E-state index in [1.54, 1.807) is 0 Å². The zero-order valence-corrected chi connectivity index (χ0v) is 12.0. The SMILES string of the molecule is CCC(N)C(c1ccccc1C)N1CCCC(O)C1. The molecule has 3 nitrogen and oxygen atoms in total. The highest BCUT2D eigenvalue weighted by molar-refractivity contribution is 5.30. The van der Waals surface area contributed by atoms with E-state index in [2.05, 4.69) is 43.0 Å². The minimum absolute atomic E-state index is 0.117. The van der Waals surface area contributed by atoms with E-state index in [9.17, 15) is 5.11 Å². The van der Waals surface area contributed by atoms with Crippen molar-refractivity contribution < 1.29 is 5.11 Å². The third-order valence-corrected chi connectivity index (χ3v) is 4.21. The molecule has 1 heterocycles. The third kappa shape index (κ3) is 3.35. The van der Waals surface area contributed by atoms with Crippen molar-refractivity contribution in [2.75, 3.05) is 13.1 Å². The quantitative estimate of drug-likeness (QED) is 0.875. The Morgan fingerprint density at radius 1 is 1.42 bits per heavy atom. The summed E-state index contributed by atoms with van der Waals surface area (Å²) in [7, 11) is 0. The van der Waals surface area contributed by atoms with E-state index in [-0.39, 0.29) is 18.2 Å². The van der Waals surface area contributed by atoms with Gasteiger partial charge in [-0.05, 0) is 43.9 Å². The molecular formula is C16H26N2O. The van der Waals surface area contributed by atoms with Gasteiger partial charge in [-0.2, -0.15) is 0 Å². The van der Waals surface area contributed by atoms with E-state index in [1.807, 2.05) is 0 Å². The van der Waals surface area contributed by atoms with Crippen LogP contribution in [-0.4, -0.2) is 35.2 Å². The van der Waals surface area contributed by atoms with Gasteiger partial charge in [0.15, 0.2) is 0 Å². The van der Waals surface area contributed by atoms with Crippen LogP contribution in [0.4, 0.5) is 0 Å². The highest BCUT2D eigenvalue weighted by Gasteiger charge is 2.30. The highest BCUT2D eigenvalue weighted by atomic mass is 16.3. The van der Waals surface area contributed by atoms with Gasteiger partial charge in [-0.3, -0.25) is 4.90 Å². The number of benzene rings is 1. The highest BCUT2D eigenvalue weighted by Crippen LogP contribution is 2.30. The minimum atomic E-state index is -0.204. The van der Waals surface area contributed by atoms with Crippen LogP contribution in [0, 0.1) is 6.92 Å².